The zero-order valence-corrected chi connectivity index (χ0v) is 14.1. The van der Waals surface area contributed by atoms with Gasteiger partial charge in [0, 0.05) is 16.1 Å². The van der Waals surface area contributed by atoms with Crippen LogP contribution in [0, 0.1) is 10.1 Å². The first-order valence-electron chi connectivity index (χ1n) is 6.97. The number of nitro benzene ring substituents is 1. The fraction of sp³-hybridized carbons (Fsp3) is 0. The number of anilines is 1. The van der Waals surface area contributed by atoms with Gasteiger partial charge in [0.15, 0.2) is 0 Å². The number of nitro groups is 1. The Kier molecular flexibility index (Phi) is 4.24. The van der Waals surface area contributed by atoms with E-state index < -0.39 is 28.2 Å². The van der Waals surface area contributed by atoms with Crippen LogP contribution < -0.4 is 10.4 Å². The number of nitrogens with one attached hydrogen (secondary N) is 1. The minimum absolute atomic E-state index is 0.00496. The molecule has 0 unspecified atom stereocenters. The van der Waals surface area contributed by atoms with E-state index in [-0.39, 0.29) is 11.1 Å². The number of carbonyl (C=O) groups is 2. The molecule has 2 amide bonds. The van der Waals surface area contributed by atoms with Crippen molar-refractivity contribution in [1.82, 2.24) is 5.43 Å². The molecule has 1 aliphatic heterocycles. The second-order valence-corrected chi connectivity index (χ2v) is 6.00. The van der Waals surface area contributed by atoms with Gasteiger partial charge in [-0.25, -0.2) is 5.01 Å². The molecule has 0 atom stereocenters. The van der Waals surface area contributed by atoms with Crippen LogP contribution >= 0.6 is 15.9 Å². The molecule has 25 heavy (non-hydrogen) atoms. The van der Waals surface area contributed by atoms with Crippen molar-refractivity contribution in [2.24, 2.45) is 0 Å². The summed E-state index contributed by atoms with van der Waals surface area (Å²) in [6, 6.07) is 10.5. The predicted molar refractivity (Wildman–Crippen MR) is 92.5 cm³/mol. The molecular formula is C16H10BrN3O5. The van der Waals surface area contributed by atoms with Crippen LogP contribution in [0.1, 0.15) is 5.56 Å². The monoisotopic (exact) mass is 403 g/mol. The average molecular weight is 404 g/mol. The third kappa shape index (κ3) is 3.09. The summed E-state index contributed by atoms with van der Waals surface area (Å²) in [5, 5.41) is 21.9. The van der Waals surface area contributed by atoms with Gasteiger partial charge in [0.25, 0.3) is 11.8 Å². The van der Waals surface area contributed by atoms with E-state index in [1.165, 1.54) is 12.1 Å². The minimum Gasteiger partial charge on any atom is -0.502 e. The van der Waals surface area contributed by atoms with E-state index in [1.54, 1.807) is 24.3 Å². The van der Waals surface area contributed by atoms with Gasteiger partial charge in [-0.3, -0.25) is 25.1 Å². The molecule has 0 aliphatic carbocycles. The molecule has 9 heteroatoms. The molecule has 0 bridgehead atoms. The van der Waals surface area contributed by atoms with Crippen molar-refractivity contribution in [3.8, 4) is 5.75 Å². The molecule has 8 nitrogen and oxygen atoms in total. The molecule has 2 aromatic carbocycles. The van der Waals surface area contributed by atoms with Crippen molar-refractivity contribution < 1.29 is 19.6 Å². The van der Waals surface area contributed by atoms with Crippen molar-refractivity contribution in [2.45, 2.75) is 0 Å². The lowest BCUT2D eigenvalue weighted by molar-refractivity contribution is -0.385. The molecule has 0 saturated carbocycles. The molecule has 0 spiro atoms. The first-order chi connectivity index (χ1) is 11.9. The Hall–Kier alpha value is -3.20. The summed E-state index contributed by atoms with van der Waals surface area (Å²) in [7, 11) is 0. The maximum atomic E-state index is 12.5. The first-order valence-corrected chi connectivity index (χ1v) is 7.77. The number of hydrogen-bond donors (Lipinski definition) is 2. The summed E-state index contributed by atoms with van der Waals surface area (Å²) in [6.45, 7) is 0. The molecule has 2 aromatic rings. The molecular weight excluding hydrogens is 394 g/mol. The van der Waals surface area contributed by atoms with E-state index in [1.807, 2.05) is 0 Å². The molecule has 126 valence electrons. The van der Waals surface area contributed by atoms with Gasteiger partial charge in [-0.15, -0.1) is 0 Å². The Morgan fingerprint density at radius 1 is 1.16 bits per heavy atom. The van der Waals surface area contributed by atoms with Gasteiger partial charge in [-0.1, -0.05) is 28.1 Å². The third-order valence-corrected chi connectivity index (χ3v) is 4.05. The highest BCUT2D eigenvalue weighted by atomic mass is 79.9. The summed E-state index contributed by atoms with van der Waals surface area (Å²) < 4.78 is 0.812. The molecule has 1 saturated heterocycles. The highest BCUT2D eigenvalue weighted by Crippen LogP contribution is 2.32. The summed E-state index contributed by atoms with van der Waals surface area (Å²) in [5.74, 6) is -1.90. The number of aromatic hydroxyl groups is 1. The molecule has 1 aliphatic rings. The zero-order valence-electron chi connectivity index (χ0n) is 12.5. The summed E-state index contributed by atoms with van der Waals surface area (Å²) in [5.41, 5.74) is 2.12. The van der Waals surface area contributed by atoms with Crippen LogP contribution in [0.15, 0.2) is 52.5 Å². The standard InChI is InChI=1S/C16H10BrN3O5/c17-10-4-6-11(7-5-10)19-16(23)12(15(22)18-19)8-9-2-1-3-13(14(9)21)20(24)25/h1-8,21H,(H,18,22). The minimum atomic E-state index is -0.748. The Morgan fingerprint density at radius 3 is 2.48 bits per heavy atom. The van der Waals surface area contributed by atoms with E-state index in [4.69, 9.17) is 0 Å². The highest BCUT2D eigenvalue weighted by molar-refractivity contribution is 9.10. The number of rotatable bonds is 3. The number of para-hydroxylation sites is 1. The Bertz CT molecular complexity index is 924. The first kappa shape index (κ1) is 16.7. The lowest BCUT2D eigenvalue weighted by Gasteiger charge is -2.14. The van der Waals surface area contributed by atoms with Crippen molar-refractivity contribution in [3.05, 3.63) is 68.2 Å². The van der Waals surface area contributed by atoms with Gasteiger partial charge in [0.2, 0.25) is 5.75 Å². The molecule has 2 N–H and O–H groups in total. The number of halogens is 1. The Balaban J connectivity index is 1.98. The van der Waals surface area contributed by atoms with Crippen LogP contribution in [0.25, 0.3) is 6.08 Å². The van der Waals surface area contributed by atoms with Gasteiger partial charge in [0.05, 0.1) is 10.6 Å². The largest absolute Gasteiger partial charge is 0.502 e. The van der Waals surface area contributed by atoms with Crippen molar-refractivity contribution in [2.75, 3.05) is 5.01 Å². The zero-order chi connectivity index (χ0) is 18.1. The number of carbonyl (C=O) groups excluding carboxylic acids is 2. The fourth-order valence-electron chi connectivity index (χ4n) is 2.30. The van der Waals surface area contributed by atoms with Crippen LogP contribution in [0.3, 0.4) is 0 Å². The highest BCUT2D eigenvalue weighted by Gasteiger charge is 2.34. The van der Waals surface area contributed by atoms with Gasteiger partial charge >= 0.3 is 5.69 Å². The van der Waals surface area contributed by atoms with Crippen LogP contribution in [0.2, 0.25) is 0 Å². The van der Waals surface area contributed by atoms with Crippen LogP contribution in [-0.4, -0.2) is 21.8 Å². The van der Waals surface area contributed by atoms with E-state index in [9.17, 15) is 24.8 Å². The van der Waals surface area contributed by atoms with E-state index in [0.717, 1.165) is 21.6 Å². The number of phenolic OH excluding ortho intramolecular Hbond substituents is 1. The average Bonchev–Trinajstić information content (AvgIpc) is 2.85. The second kappa shape index (κ2) is 6.36. The van der Waals surface area contributed by atoms with Gasteiger partial charge < -0.3 is 5.11 Å². The lowest BCUT2D eigenvalue weighted by Crippen LogP contribution is -2.35. The van der Waals surface area contributed by atoms with Crippen LogP contribution in [-0.2, 0) is 9.59 Å². The number of nitrogens with zero attached hydrogens (tertiary/aromatic N) is 2. The third-order valence-electron chi connectivity index (χ3n) is 3.52. The molecule has 3 rings (SSSR count). The maximum Gasteiger partial charge on any atom is 0.311 e. The summed E-state index contributed by atoms with van der Waals surface area (Å²) in [6.07, 6.45) is 1.12. The van der Waals surface area contributed by atoms with E-state index in [0.29, 0.717) is 5.69 Å². The smallest absolute Gasteiger partial charge is 0.311 e. The molecule has 1 fully saturated rings. The van der Waals surface area contributed by atoms with Crippen molar-refractivity contribution in [3.63, 3.8) is 0 Å². The molecule has 0 radical (unpaired) electrons. The fourth-order valence-corrected chi connectivity index (χ4v) is 2.56. The van der Waals surface area contributed by atoms with Crippen molar-refractivity contribution >= 4 is 45.2 Å². The SMILES string of the molecule is O=C1NN(c2ccc(Br)cc2)C(=O)C1=Cc1cccc([N+](=O)[O-])c1O. The molecule has 0 aromatic heterocycles. The van der Waals surface area contributed by atoms with E-state index in [2.05, 4.69) is 21.4 Å². The Labute approximate surface area is 149 Å². The Morgan fingerprint density at radius 2 is 1.84 bits per heavy atom. The maximum absolute atomic E-state index is 12.5. The number of hydrazine groups is 1. The number of phenols is 1. The number of amides is 2. The van der Waals surface area contributed by atoms with Gasteiger partial charge in [-0.2, -0.15) is 0 Å². The predicted octanol–water partition coefficient (Wildman–Crippen LogP) is 2.52. The van der Waals surface area contributed by atoms with Crippen LogP contribution in [0.5, 0.6) is 5.75 Å². The number of hydrogen-bond acceptors (Lipinski definition) is 5. The normalized spacial score (nSPS) is 15.6. The van der Waals surface area contributed by atoms with Gasteiger partial charge in [-0.05, 0) is 30.3 Å². The van der Waals surface area contributed by atoms with Gasteiger partial charge in [0.1, 0.15) is 5.57 Å². The topological polar surface area (TPSA) is 113 Å². The molecule has 1 heterocycles. The van der Waals surface area contributed by atoms with Crippen LogP contribution in [0.4, 0.5) is 11.4 Å². The summed E-state index contributed by atoms with van der Waals surface area (Å²) in [4.78, 5) is 34.7. The number of benzene rings is 2. The lowest BCUT2D eigenvalue weighted by atomic mass is 10.1. The second-order valence-electron chi connectivity index (χ2n) is 5.09. The van der Waals surface area contributed by atoms with E-state index >= 15 is 0 Å². The summed E-state index contributed by atoms with van der Waals surface area (Å²) >= 11 is 3.28. The van der Waals surface area contributed by atoms with Crippen molar-refractivity contribution in [1.29, 1.82) is 0 Å². The quantitative estimate of drug-likeness (QED) is 0.353.